The normalized spacial score (nSPS) is 17.6. The molecule has 1 aliphatic rings. The van der Waals surface area contributed by atoms with Crippen molar-refractivity contribution in [2.45, 2.75) is 65.0 Å². The zero-order valence-electron chi connectivity index (χ0n) is 28.0. The van der Waals surface area contributed by atoms with E-state index >= 15 is 0 Å². The molecule has 3 aromatic carbocycles. The molecule has 0 bridgehead atoms. The summed E-state index contributed by atoms with van der Waals surface area (Å²) in [4.78, 5) is 7.89. The van der Waals surface area contributed by atoms with Gasteiger partial charge in [-0.25, -0.2) is 4.98 Å². The third-order valence-electron chi connectivity index (χ3n) is 8.68. The van der Waals surface area contributed by atoms with Gasteiger partial charge in [-0.15, -0.1) is 35.7 Å². The minimum absolute atomic E-state index is 0. The molecule has 1 fully saturated rings. The molecule has 0 N–H and O–H groups in total. The molecule has 6 heteroatoms. The fourth-order valence-corrected chi connectivity index (χ4v) is 5.57. The first-order chi connectivity index (χ1) is 20.5. The first kappa shape index (κ1) is 26.1. The van der Waals surface area contributed by atoms with Gasteiger partial charge < -0.3 is 25.7 Å². The van der Waals surface area contributed by atoms with Crippen LogP contribution < -0.4 is 9.64 Å². The molecular formula is C36H37N4OPt-3. The Labute approximate surface area is 268 Å². The van der Waals surface area contributed by atoms with Crippen LogP contribution in [0.25, 0.3) is 27.6 Å². The summed E-state index contributed by atoms with van der Waals surface area (Å²) >= 11 is 0. The van der Waals surface area contributed by atoms with E-state index in [1.54, 1.807) is 0 Å². The molecule has 0 amide bonds. The molecule has 3 heterocycles. The first-order valence-electron chi connectivity index (χ1n) is 15.4. The standard InChI is InChI=1S/C36H37N4O.Pt/c1-24-38(9)35(5,6)36(7,8)40(24)26-13-12-14-27(22-26)41-28-17-18-30-29-15-10-11-16-31(29)39(32(30)23-28)33-21-25(19-20-37-33)34(2,3)4;/h1,10-21H,2-9H3;/q-3;/i9D3;. The Morgan fingerprint density at radius 3 is 2.33 bits per heavy atom. The van der Waals surface area contributed by atoms with Crippen LogP contribution in [-0.4, -0.2) is 32.5 Å². The van der Waals surface area contributed by atoms with Gasteiger partial charge in [0, 0.05) is 55.4 Å². The number of aromatic nitrogens is 2. The monoisotopic (exact) mass is 739 g/mol. The molecule has 6 rings (SSSR count). The van der Waals surface area contributed by atoms with Crippen molar-refractivity contribution in [3.63, 3.8) is 0 Å². The number of para-hydroxylation sites is 1. The number of likely N-dealkylation sites (N-methyl/N-ethyl adjacent to an activating group) is 1. The number of anilines is 1. The molecule has 0 radical (unpaired) electrons. The van der Waals surface area contributed by atoms with Crippen LogP contribution in [0.3, 0.4) is 0 Å². The molecule has 1 aliphatic heterocycles. The summed E-state index contributed by atoms with van der Waals surface area (Å²) in [5.41, 5.74) is 2.20. The molecule has 5 aromatic rings. The van der Waals surface area contributed by atoms with Crippen LogP contribution in [0.4, 0.5) is 5.69 Å². The number of hydrogen-bond acceptors (Lipinski definition) is 4. The first-order valence-corrected chi connectivity index (χ1v) is 13.9. The maximum absolute atomic E-state index is 8.15. The van der Waals surface area contributed by atoms with Crippen LogP contribution in [0.15, 0.2) is 78.7 Å². The van der Waals surface area contributed by atoms with Crippen molar-refractivity contribution >= 4 is 27.5 Å². The van der Waals surface area contributed by atoms with E-state index in [9.17, 15) is 0 Å². The van der Waals surface area contributed by atoms with Crippen LogP contribution in [0.1, 0.15) is 58.1 Å². The van der Waals surface area contributed by atoms with E-state index in [0.717, 1.165) is 27.6 Å². The van der Waals surface area contributed by atoms with E-state index in [-0.39, 0.29) is 32.3 Å². The van der Waals surface area contributed by atoms with Gasteiger partial charge in [-0.2, -0.15) is 12.1 Å². The summed E-state index contributed by atoms with van der Waals surface area (Å²) in [6, 6.07) is 28.8. The number of benzene rings is 3. The summed E-state index contributed by atoms with van der Waals surface area (Å²) < 4.78 is 32.9. The summed E-state index contributed by atoms with van der Waals surface area (Å²) in [6.07, 6.45) is 1.86. The van der Waals surface area contributed by atoms with E-state index in [1.807, 2.05) is 81.3 Å². The van der Waals surface area contributed by atoms with Gasteiger partial charge in [0.25, 0.3) is 0 Å². The van der Waals surface area contributed by atoms with E-state index in [1.165, 1.54) is 10.5 Å². The summed E-state index contributed by atoms with van der Waals surface area (Å²) in [5, 5.41) is 2.15. The van der Waals surface area contributed by atoms with Gasteiger partial charge in [0.2, 0.25) is 0 Å². The van der Waals surface area contributed by atoms with Gasteiger partial charge in [-0.1, -0.05) is 56.0 Å². The van der Waals surface area contributed by atoms with E-state index in [0.29, 0.717) is 17.2 Å². The molecule has 1 saturated heterocycles. The molecule has 42 heavy (non-hydrogen) atoms. The van der Waals surface area contributed by atoms with E-state index < -0.39 is 18.1 Å². The summed E-state index contributed by atoms with van der Waals surface area (Å²) in [5.74, 6) is 1.94. The second kappa shape index (κ2) is 10.3. The Balaban J connectivity index is 0.00000400. The molecular weight excluding hydrogens is 700 g/mol. The number of nitrogens with zero attached hydrogens (tertiary/aromatic N) is 4. The smallest absolute Gasteiger partial charge is 0.135 e. The second-order valence-corrected chi connectivity index (χ2v) is 12.7. The Morgan fingerprint density at radius 1 is 0.881 bits per heavy atom. The quantitative estimate of drug-likeness (QED) is 0.173. The Hall–Kier alpha value is -3.56. The minimum atomic E-state index is -2.40. The number of fused-ring (bicyclic) bond motifs is 3. The van der Waals surface area contributed by atoms with Gasteiger partial charge in [0.1, 0.15) is 5.82 Å². The summed E-state index contributed by atoms with van der Waals surface area (Å²) in [6.45, 7) is 18.5. The van der Waals surface area contributed by atoms with Crippen molar-refractivity contribution < 1.29 is 29.9 Å². The van der Waals surface area contributed by atoms with Crippen LogP contribution in [0, 0.1) is 18.7 Å². The fraction of sp³-hybridized carbons (Fsp3) is 0.306. The fourth-order valence-electron chi connectivity index (χ4n) is 5.57. The van der Waals surface area contributed by atoms with Gasteiger partial charge in [-0.3, -0.25) is 0 Å². The Morgan fingerprint density at radius 2 is 1.62 bits per heavy atom. The van der Waals surface area contributed by atoms with Crippen molar-refractivity contribution in [2.24, 2.45) is 0 Å². The van der Waals surface area contributed by atoms with Crippen LogP contribution >= 0.6 is 0 Å². The molecule has 0 atom stereocenters. The van der Waals surface area contributed by atoms with Gasteiger partial charge >= 0.3 is 0 Å². The van der Waals surface area contributed by atoms with Crippen molar-refractivity contribution in [3.8, 4) is 17.3 Å². The maximum Gasteiger partial charge on any atom is 0.135 e. The number of ether oxygens (including phenoxy) is 1. The molecule has 0 saturated carbocycles. The van der Waals surface area contributed by atoms with Gasteiger partial charge in [0.15, 0.2) is 0 Å². The Kier molecular flexibility index (Phi) is 6.41. The zero-order chi connectivity index (χ0) is 31.8. The largest absolute Gasteiger partial charge is 0.509 e. The molecule has 220 valence electrons. The van der Waals surface area contributed by atoms with Crippen LogP contribution in [0.5, 0.6) is 11.5 Å². The average Bonchev–Trinajstić information content (AvgIpc) is 3.32. The van der Waals surface area contributed by atoms with E-state index in [2.05, 4.69) is 61.7 Å². The molecule has 5 nitrogen and oxygen atoms in total. The molecule has 2 aromatic heterocycles. The zero-order valence-corrected chi connectivity index (χ0v) is 27.3. The SMILES string of the molecule is [2H]C([2H])([2H])N1C(=[CH-])N(c2[c-]c(Oc3[c-]c4c(cc3)c3ccccc3n4-c3cc(C(C)(C)C)ccn3)ccc2)C(C)(C)C1(C)C.[Pt]. The van der Waals surface area contributed by atoms with Crippen molar-refractivity contribution in [1.29, 1.82) is 0 Å². The topological polar surface area (TPSA) is 33.5 Å². The van der Waals surface area contributed by atoms with Crippen molar-refractivity contribution in [1.82, 2.24) is 14.5 Å². The minimum Gasteiger partial charge on any atom is -0.509 e. The van der Waals surface area contributed by atoms with Crippen LogP contribution in [-0.2, 0) is 26.5 Å². The summed E-state index contributed by atoms with van der Waals surface area (Å²) in [7, 11) is 0. The molecule has 0 aliphatic carbocycles. The van der Waals surface area contributed by atoms with Crippen molar-refractivity contribution in [2.75, 3.05) is 11.9 Å². The predicted molar refractivity (Wildman–Crippen MR) is 168 cm³/mol. The molecule has 0 spiro atoms. The number of rotatable bonds is 4. The van der Waals surface area contributed by atoms with Gasteiger partial charge in [0.05, 0.1) is 11.1 Å². The van der Waals surface area contributed by atoms with Gasteiger partial charge in [-0.05, 0) is 62.3 Å². The molecule has 0 unspecified atom stereocenters. The average molecular weight is 740 g/mol. The maximum atomic E-state index is 8.15. The Bertz CT molecular complexity index is 1920. The predicted octanol–water partition coefficient (Wildman–Crippen LogP) is 8.45. The second-order valence-electron chi connectivity index (χ2n) is 12.7. The third-order valence-corrected chi connectivity index (χ3v) is 8.68. The van der Waals surface area contributed by atoms with E-state index in [4.69, 9.17) is 20.4 Å². The number of hydrogen-bond donors (Lipinski definition) is 0. The number of pyridine rings is 1. The van der Waals surface area contributed by atoms with Crippen LogP contribution in [0.2, 0.25) is 0 Å². The third kappa shape index (κ3) is 4.63. The van der Waals surface area contributed by atoms with Crippen molar-refractivity contribution in [3.05, 3.63) is 103 Å².